The van der Waals surface area contributed by atoms with Gasteiger partial charge in [0.2, 0.25) is 0 Å². The molecular weight excluding hydrogens is 396 g/mol. The second-order valence-corrected chi connectivity index (χ2v) is 8.80. The van der Waals surface area contributed by atoms with Crippen LogP contribution in [0, 0.1) is 6.92 Å². The van der Waals surface area contributed by atoms with Crippen LogP contribution in [0.25, 0.3) is 0 Å². The molecule has 3 rings (SSSR count). The molecule has 0 bridgehead atoms. The lowest BCUT2D eigenvalue weighted by atomic mass is 10.3. The van der Waals surface area contributed by atoms with E-state index in [0.29, 0.717) is 16.3 Å². The Hall–Kier alpha value is -2.50. The number of nitrogens with one attached hydrogen (secondary N) is 2. The molecule has 3 aromatic rings. The number of benzene rings is 1. The number of amides is 1. The molecule has 0 spiro atoms. The SMILES string of the molecule is Cc1c(C(=O)Nc2ccc(S(=O)(=O)Nc3nccs3)cc2)sc(=O)n1C. The molecule has 0 saturated carbocycles. The predicted octanol–water partition coefficient (Wildman–Crippen LogP) is 2.26. The monoisotopic (exact) mass is 410 g/mol. The van der Waals surface area contributed by atoms with Gasteiger partial charge in [-0.15, -0.1) is 11.3 Å². The molecule has 0 radical (unpaired) electrons. The first kappa shape index (κ1) is 18.3. The van der Waals surface area contributed by atoms with E-state index in [1.807, 2.05) is 0 Å². The number of anilines is 2. The summed E-state index contributed by atoms with van der Waals surface area (Å²) in [7, 11) is -2.15. The smallest absolute Gasteiger partial charge is 0.307 e. The molecule has 136 valence electrons. The molecule has 0 aliphatic heterocycles. The minimum atomic E-state index is -3.75. The van der Waals surface area contributed by atoms with Gasteiger partial charge in [0, 0.05) is 30.0 Å². The quantitative estimate of drug-likeness (QED) is 0.670. The Morgan fingerprint density at radius 2 is 1.92 bits per heavy atom. The summed E-state index contributed by atoms with van der Waals surface area (Å²) in [5.74, 6) is -0.415. The summed E-state index contributed by atoms with van der Waals surface area (Å²) in [5.41, 5.74) is 0.996. The van der Waals surface area contributed by atoms with E-state index in [0.717, 1.165) is 11.3 Å². The largest absolute Gasteiger partial charge is 0.321 e. The number of rotatable bonds is 5. The number of nitrogens with zero attached hydrogens (tertiary/aromatic N) is 2. The summed E-state index contributed by atoms with van der Waals surface area (Å²) in [5, 5.41) is 4.60. The highest BCUT2D eigenvalue weighted by molar-refractivity contribution is 7.93. The molecule has 0 aliphatic rings. The van der Waals surface area contributed by atoms with E-state index in [2.05, 4.69) is 15.0 Å². The van der Waals surface area contributed by atoms with Crippen molar-refractivity contribution in [3.8, 4) is 0 Å². The highest BCUT2D eigenvalue weighted by Gasteiger charge is 2.18. The summed E-state index contributed by atoms with van der Waals surface area (Å²) in [6, 6.07) is 5.72. The van der Waals surface area contributed by atoms with Crippen molar-refractivity contribution < 1.29 is 13.2 Å². The van der Waals surface area contributed by atoms with Gasteiger partial charge in [-0.3, -0.25) is 14.3 Å². The zero-order chi connectivity index (χ0) is 18.9. The zero-order valence-electron chi connectivity index (χ0n) is 13.7. The van der Waals surface area contributed by atoms with E-state index in [4.69, 9.17) is 0 Å². The van der Waals surface area contributed by atoms with Gasteiger partial charge in [0.1, 0.15) is 4.88 Å². The molecule has 0 saturated heterocycles. The Bertz CT molecular complexity index is 1100. The van der Waals surface area contributed by atoms with Crippen LogP contribution in [0.5, 0.6) is 0 Å². The third kappa shape index (κ3) is 3.69. The summed E-state index contributed by atoms with van der Waals surface area (Å²) in [6.07, 6.45) is 1.50. The van der Waals surface area contributed by atoms with Crippen molar-refractivity contribution in [2.24, 2.45) is 7.05 Å². The minimum absolute atomic E-state index is 0.0475. The van der Waals surface area contributed by atoms with Crippen LogP contribution in [-0.4, -0.2) is 23.9 Å². The van der Waals surface area contributed by atoms with Crippen molar-refractivity contribution in [1.82, 2.24) is 9.55 Å². The Balaban J connectivity index is 1.76. The van der Waals surface area contributed by atoms with Crippen molar-refractivity contribution in [3.05, 3.63) is 56.1 Å². The van der Waals surface area contributed by atoms with Crippen LogP contribution >= 0.6 is 22.7 Å². The number of thiazole rings is 2. The van der Waals surface area contributed by atoms with Gasteiger partial charge in [-0.1, -0.05) is 11.3 Å². The molecule has 1 aromatic carbocycles. The standard InChI is InChI=1S/C15H14N4O4S3/c1-9-12(25-15(21)19(9)2)13(20)17-10-3-5-11(6-4-10)26(22,23)18-14-16-7-8-24-14/h3-8H,1-2H3,(H,16,18)(H,17,20). The van der Waals surface area contributed by atoms with Crippen molar-refractivity contribution in [2.45, 2.75) is 11.8 Å². The first-order valence-electron chi connectivity index (χ1n) is 7.28. The van der Waals surface area contributed by atoms with Crippen LogP contribution in [0.15, 0.2) is 45.5 Å². The van der Waals surface area contributed by atoms with Gasteiger partial charge in [-0.05, 0) is 31.2 Å². The third-order valence-electron chi connectivity index (χ3n) is 3.58. The van der Waals surface area contributed by atoms with E-state index in [1.54, 1.807) is 19.4 Å². The molecule has 8 nitrogen and oxygen atoms in total. The maximum Gasteiger partial charge on any atom is 0.307 e. The van der Waals surface area contributed by atoms with E-state index in [9.17, 15) is 18.0 Å². The Labute approximate surface area is 157 Å². The Morgan fingerprint density at radius 3 is 2.46 bits per heavy atom. The van der Waals surface area contributed by atoms with Gasteiger partial charge in [-0.2, -0.15) is 0 Å². The molecule has 0 aliphatic carbocycles. The van der Waals surface area contributed by atoms with Gasteiger partial charge in [0.15, 0.2) is 5.13 Å². The number of carbonyl (C=O) groups excluding carboxylic acids is 1. The normalized spacial score (nSPS) is 11.3. The summed E-state index contributed by atoms with van der Waals surface area (Å²) in [6.45, 7) is 1.69. The highest BCUT2D eigenvalue weighted by Crippen LogP contribution is 2.20. The maximum absolute atomic E-state index is 12.3. The second-order valence-electron chi connectivity index (χ2n) is 5.26. The van der Waals surface area contributed by atoms with Crippen LogP contribution in [0.4, 0.5) is 10.8 Å². The summed E-state index contributed by atoms with van der Waals surface area (Å²) >= 11 is 2.03. The van der Waals surface area contributed by atoms with Crippen LogP contribution in [0.2, 0.25) is 0 Å². The summed E-state index contributed by atoms with van der Waals surface area (Å²) < 4.78 is 28.3. The van der Waals surface area contributed by atoms with Gasteiger partial charge in [0.05, 0.1) is 4.90 Å². The Morgan fingerprint density at radius 1 is 1.23 bits per heavy atom. The first-order chi connectivity index (χ1) is 12.3. The van der Waals surface area contributed by atoms with Crippen LogP contribution in [0.3, 0.4) is 0 Å². The number of hydrogen-bond donors (Lipinski definition) is 2. The topological polar surface area (TPSA) is 110 Å². The lowest BCUT2D eigenvalue weighted by Crippen LogP contribution is -2.14. The first-order valence-corrected chi connectivity index (χ1v) is 10.5. The maximum atomic E-state index is 12.3. The fourth-order valence-corrected chi connectivity index (χ4v) is 4.75. The van der Waals surface area contributed by atoms with E-state index in [-0.39, 0.29) is 14.9 Å². The lowest BCUT2D eigenvalue weighted by molar-refractivity contribution is 0.102. The molecule has 0 fully saturated rings. The highest BCUT2D eigenvalue weighted by atomic mass is 32.2. The van der Waals surface area contributed by atoms with Crippen molar-refractivity contribution in [3.63, 3.8) is 0 Å². The molecule has 11 heteroatoms. The van der Waals surface area contributed by atoms with Gasteiger partial charge in [-0.25, -0.2) is 13.4 Å². The summed E-state index contributed by atoms with van der Waals surface area (Å²) in [4.78, 5) is 28.0. The third-order valence-corrected chi connectivity index (χ3v) is 6.88. The molecule has 2 N–H and O–H groups in total. The molecule has 1 amide bonds. The molecule has 2 aromatic heterocycles. The van der Waals surface area contributed by atoms with Crippen LogP contribution < -0.4 is 14.9 Å². The zero-order valence-corrected chi connectivity index (χ0v) is 16.2. The number of hydrogen-bond acceptors (Lipinski definition) is 7. The van der Waals surface area contributed by atoms with Gasteiger partial charge >= 0.3 is 4.87 Å². The predicted molar refractivity (Wildman–Crippen MR) is 102 cm³/mol. The second kappa shape index (κ2) is 7.02. The minimum Gasteiger partial charge on any atom is -0.321 e. The van der Waals surface area contributed by atoms with E-state index < -0.39 is 15.9 Å². The lowest BCUT2D eigenvalue weighted by Gasteiger charge is -2.08. The van der Waals surface area contributed by atoms with Gasteiger partial charge in [0.25, 0.3) is 15.9 Å². The van der Waals surface area contributed by atoms with E-state index >= 15 is 0 Å². The average molecular weight is 411 g/mol. The fraction of sp³-hybridized carbons (Fsp3) is 0.133. The Kier molecular flexibility index (Phi) is 4.94. The molecule has 0 atom stereocenters. The molecule has 0 unspecified atom stereocenters. The van der Waals surface area contributed by atoms with Crippen molar-refractivity contribution >= 4 is 49.4 Å². The average Bonchev–Trinajstić information content (AvgIpc) is 3.19. The number of sulfonamides is 1. The number of carbonyl (C=O) groups is 1. The molecule has 2 heterocycles. The van der Waals surface area contributed by atoms with E-state index in [1.165, 1.54) is 46.4 Å². The van der Waals surface area contributed by atoms with Gasteiger partial charge < -0.3 is 9.88 Å². The van der Waals surface area contributed by atoms with Crippen LogP contribution in [-0.2, 0) is 17.1 Å². The fourth-order valence-electron chi connectivity index (χ4n) is 2.08. The van der Waals surface area contributed by atoms with Crippen LogP contribution in [0.1, 0.15) is 15.4 Å². The molecular formula is C15H14N4O4S3. The van der Waals surface area contributed by atoms with Crippen molar-refractivity contribution in [2.75, 3.05) is 10.0 Å². The van der Waals surface area contributed by atoms with Crippen molar-refractivity contribution in [1.29, 1.82) is 0 Å². The molecule has 26 heavy (non-hydrogen) atoms. The number of aromatic nitrogens is 2.